The summed E-state index contributed by atoms with van der Waals surface area (Å²) in [5.41, 5.74) is 13.2. The van der Waals surface area contributed by atoms with Crippen LogP contribution >= 0.6 is 0 Å². The molecule has 240 valence electrons. The van der Waals surface area contributed by atoms with Crippen LogP contribution in [0.3, 0.4) is 0 Å². The van der Waals surface area contributed by atoms with Gasteiger partial charge in [-0.2, -0.15) is 0 Å². The lowest BCUT2D eigenvalue weighted by atomic mass is 9.85. The van der Waals surface area contributed by atoms with Gasteiger partial charge >= 0.3 is 0 Å². The standard InChI is InChI=1S/C48H38N2/c1-2-15-36(16-3-1)47-41-26-24-40(50-29-11-19-35-14-7-9-21-46(35)50)32-44(41)48(38-23-22-33-12-4-5-17-37(33)30-38)42-27-25-39(31-43(42)47)49-28-10-18-34-13-6-8-20-45(34)49/h1-9,12-17,20-27,30-32H,10-11,18-19,28-29H2. The number of benzene rings is 8. The fraction of sp³-hybridized carbons (Fsp3) is 0.125. The van der Waals surface area contributed by atoms with Gasteiger partial charge < -0.3 is 9.80 Å². The Labute approximate surface area is 293 Å². The molecule has 2 nitrogen and oxygen atoms in total. The molecule has 2 heteroatoms. The molecule has 50 heavy (non-hydrogen) atoms. The lowest BCUT2D eigenvalue weighted by Gasteiger charge is -2.32. The van der Waals surface area contributed by atoms with Crippen molar-refractivity contribution in [3.63, 3.8) is 0 Å². The van der Waals surface area contributed by atoms with E-state index in [1.165, 1.54) is 88.4 Å². The zero-order valence-corrected chi connectivity index (χ0v) is 28.1. The second-order valence-electron chi connectivity index (χ2n) is 13.9. The number of anilines is 4. The molecular weight excluding hydrogens is 605 g/mol. The van der Waals surface area contributed by atoms with Crippen LogP contribution in [0.15, 0.2) is 158 Å². The predicted molar refractivity (Wildman–Crippen MR) is 213 cm³/mol. The van der Waals surface area contributed by atoms with Crippen LogP contribution in [-0.2, 0) is 12.8 Å². The van der Waals surface area contributed by atoms with E-state index in [-0.39, 0.29) is 0 Å². The molecule has 0 N–H and O–H groups in total. The topological polar surface area (TPSA) is 6.48 Å². The van der Waals surface area contributed by atoms with E-state index in [1.54, 1.807) is 0 Å². The van der Waals surface area contributed by atoms with Crippen LogP contribution in [0.2, 0.25) is 0 Å². The predicted octanol–water partition coefficient (Wildman–Crippen LogP) is 12.6. The Hall–Kier alpha value is -5.86. The molecule has 2 heterocycles. The second-order valence-corrected chi connectivity index (χ2v) is 13.9. The highest BCUT2D eigenvalue weighted by atomic mass is 15.1. The summed E-state index contributed by atoms with van der Waals surface area (Å²) in [4.78, 5) is 5.07. The minimum absolute atomic E-state index is 1.02. The fourth-order valence-corrected chi connectivity index (χ4v) is 8.72. The summed E-state index contributed by atoms with van der Waals surface area (Å²) in [6.07, 6.45) is 4.58. The minimum atomic E-state index is 1.02. The summed E-state index contributed by atoms with van der Waals surface area (Å²) in [5.74, 6) is 0. The summed E-state index contributed by atoms with van der Waals surface area (Å²) in [6.45, 7) is 2.04. The first kappa shape index (κ1) is 29.1. The molecule has 2 aliphatic heterocycles. The third kappa shape index (κ3) is 4.78. The summed E-state index contributed by atoms with van der Waals surface area (Å²) in [7, 11) is 0. The number of hydrogen-bond acceptors (Lipinski definition) is 2. The molecule has 0 spiro atoms. The normalized spacial score (nSPS) is 14.2. The highest BCUT2D eigenvalue weighted by Crippen LogP contribution is 2.48. The fourth-order valence-electron chi connectivity index (χ4n) is 8.72. The van der Waals surface area contributed by atoms with Crippen molar-refractivity contribution in [3.05, 3.63) is 169 Å². The van der Waals surface area contributed by atoms with E-state index in [4.69, 9.17) is 0 Å². The summed E-state index contributed by atoms with van der Waals surface area (Å²) < 4.78 is 0. The van der Waals surface area contributed by atoms with Crippen LogP contribution in [0.5, 0.6) is 0 Å². The molecule has 0 bridgehead atoms. The maximum atomic E-state index is 2.53. The van der Waals surface area contributed by atoms with Gasteiger partial charge in [0.2, 0.25) is 0 Å². The first-order chi connectivity index (χ1) is 24.8. The highest BCUT2D eigenvalue weighted by molar-refractivity contribution is 6.22. The largest absolute Gasteiger partial charge is 0.341 e. The number of hydrogen-bond donors (Lipinski definition) is 0. The van der Waals surface area contributed by atoms with Gasteiger partial charge in [-0.25, -0.2) is 0 Å². The van der Waals surface area contributed by atoms with E-state index < -0.39 is 0 Å². The Bertz CT molecular complexity index is 2570. The van der Waals surface area contributed by atoms with E-state index in [2.05, 4.69) is 168 Å². The highest BCUT2D eigenvalue weighted by Gasteiger charge is 2.24. The molecule has 0 atom stereocenters. The Kier molecular flexibility index (Phi) is 6.94. The second kappa shape index (κ2) is 11.9. The Morgan fingerprint density at radius 1 is 0.360 bits per heavy atom. The smallest absolute Gasteiger partial charge is 0.0443 e. The van der Waals surface area contributed by atoms with Gasteiger partial charge in [0.1, 0.15) is 0 Å². The van der Waals surface area contributed by atoms with Gasteiger partial charge in [0.05, 0.1) is 0 Å². The van der Waals surface area contributed by atoms with Crippen molar-refractivity contribution in [2.45, 2.75) is 25.7 Å². The summed E-state index contributed by atoms with van der Waals surface area (Å²) in [6, 6.07) is 59.1. The SMILES string of the molecule is c1ccc(-c2c3ccc(N4CCCc5ccccc54)cc3c(-c3ccc4ccccc4c3)c3ccc(N4CCCc5ccccc54)cc23)cc1. The molecular formula is C48H38N2. The first-order valence-corrected chi connectivity index (χ1v) is 18.1. The lowest BCUT2D eigenvalue weighted by molar-refractivity contribution is 0.767. The molecule has 8 aromatic rings. The van der Waals surface area contributed by atoms with Crippen LogP contribution < -0.4 is 9.80 Å². The number of rotatable bonds is 4. The van der Waals surface area contributed by atoms with E-state index >= 15 is 0 Å². The van der Waals surface area contributed by atoms with Crippen LogP contribution in [0.4, 0.5) is 22.7 Å². The van der Waals surface area contributed by atoms with Crippen molar-refractivity contribution < 1.29 is 0 Å². The molecule has 0 fully saturated rings. The Morgan fingerprint density at radius 2 is 0.880 bits per heavy atom. The number of fused-ring (bicyclic) bond motifs is 5. The lowest BCUT2D eigenvalue weighted by Crippen LogP contribution is -2.24. The van der Waals surface area contributed by atoms with E-state index in [0.29, 0.717) is 0 Å². The van der Waals surface area contributed by atoms with Crippen LogP contribution in [0, 0.1) is 0 Å². The van der Waals surface area contributed by atoms with E-state index in [0.717, 1.165) is 38.8 Å². The van der Waals surface area contributed by atoms with Crippen molar-refractivity contribution in [2.75, 3.05) is 22.9 Å². The van der Waals surface area contributed by atoms with Gasteiger partial charge in [-0.3, -0.25) is 0 Å². The Morgan fingerprint density at radius 3 is 1.50 bits per heavy atom. The van der Waals surface area contributed by atoms with Crippen LogP contribution in [0.1, 0.15) is 24.0 Å². The van der Waals surface area contributed by atoms with Crippen LogP contribution in [-0.4, -0.2) is 13.1 Å². The van der Waals surface area contributed by atoms with Gasteiger partial charge in [-0.05, 0) is 134 Å². The molecule has 0 amide bonds. The monoisotopic (exact) mass is 642 g/mol. The molecule has 0 unspecified atom stereocenters. The Balaban J connectivity index is 1.29. The third-order valence-electron chi connectivity index (χ3n) is 11.0. The van der Waals surface area contributed by atoms with Crippen molar-refractivity contribution >= 4 is 55.1 Å². The molecule has 0 radical (unpaired) electrons. The zero-order chi connectivity index (χ0) is 33.0. The molecule has 0 aliphatic carbocycles. The van der Waals surface area contributed by atoms with E-state index in [9.17, 15) is 0 Å². The maximum absolute atomic E-state index is 2.53. The molecule has 10 rings (SSSR count). The number of aryl methyl sites for hydroxylation is 2. The van der Waals surface area contributed by atoms with Crippen LogP contribution in [0.25, 0.3) is 54.6 Å². The number of nitrogens with zero attached hydrogens (tertiary/aromatic N) is 2. The maximum Gasteiger partial charge on any atom is 0.0443 e. The summed E-state index contributed by atoms with van der Waals surface area (Å²) >= 11 is 0. The van der Waals surface area contributed by atoms with Crippen molar-refractivity contribution in [1.29, 1.82) is 0 Å². The van der Waals surface area contributed by atoms with Crippen molar-refractivity contribution in [1.82, 2.24) is 0 Å². The van der Waals surface area contributed by atoms with Gasteiger partial charge in [0, 0.05) is 35.8 Å². The van der Waals surface area contributed by atoms with Gasteiger partial charge in [-0.15, -0.1) is 0 Å². The number of para-hydroxylation sites is 2. The molecule has 0 aromatic heterocycles. The average Bonchev–Trinajstić information content (AvgIpc) is 3.19. The summed E-state index contributed by atoms with van der Waals surface area (Å²) in [5, 5.41) is 7.70. The molecule has 0 saturated heterocycles. The quantitative estimate of drug-likeness (QED) is 0.176. The van der Waals surface area contributed by atoms with E-state index in [1.807, 2.05) is 0 Å². The van der Waals surface area contributed by atoms with Gasteiger partial charge in [-0.1, -0.05) is 115 Å². The molecule has 0 saturated carbocycles. The molecule has 2 aliphatic rings. The first-order valence-electron chi connectivity index (χ1n) is 18.1. The van der Waals surface area contributed by atoms with Crippen molar-refractivity contribution in [3.8, 4) is 22.3 Å². The third-order valence-corrected chi connectivity index (χ3v) is 11.0. The van der Waals surface area contributed by atoms with Gasteiger partial charge in [0.15, 0.2) is 0 Å². The van der Waals surface area contributed by atoms with Crippen molar-refractivity contribution in [2.24, 2.45) is 0 Å². The average molecular weight is 643 g/mol. The minimum Gasteiger partial charge on any atom is -0.341 e. The zero-order valence-electron chi connectivity index (χ0n) is 28.1. The van der Waals surface area contributed by atoms with Gasteiger partial charge in [0.25, 0.3) is 0 Å². The molecule has 8 aromatic carbocycles.